The summed E-state index contributed by atoms with van der Waals surface area (Å²) in [4.78, 5) is 12.1. The number of carbonyl (C=O) groups is 1. The highest BCUT2D eigenvalue weighted by atomic mass is 19.1. The highest BCUT2D eigenvalue weighted by Crippen LogP contribution is 2.25. The van der Waals surface area contributed by atoms with Gasteiger partial charge in [0, 0.05) is 12.5 Å². The molecule has 0 spiro atoms. The number of halogens is 1. The summed E-state index contributed by atoms with van der Waals surface area (Å²) < 4.78 is 23.8. The minimum atomic E-state index is -0.412. The van der Waals surface area contributed by atoms with E-state index < -0.39 is 5.82 Å². The monoisotopic (exact) mass is 317 g/mol. The molecule has 0 aliphatic carbocycles. The first-order valence-corrected chi connectivity index (χ1v) is 7.48. The number of methoxy groups -OCH3 is 1. The van der Waals surface area contributed by atoms with Crippen molar-refractivity contribution in [3.05, 3.63) is 53.8 Å². The Morgan fingerprint density at radius 1 is 1.17 bits per heavy atom. The molecule has 122 valence electrons. The maximum absolute atomic E-state index is 13.2. The van der Waals surface area contributed by atoms with Gasteiger partial charge in [0.25, 0.3) is 0 Å². The van der Waals surface area contributed by atoms with Crippen LogP contribution in [0.25, 0.3) is 0 Å². The van der Waals surface area contributed by atoms with E-state index in [9.17, 15) is 9.18 Å². The van der Waals surface area contributed by atoms with Crippen LogP contribution in [0.3, 0.4) is 0 Å². The van der Waals surface area contributed by atoms with Gasteiger partial charge >= 0.3 is 0 Å². The summed E-state index contributed by atoms with van der Waals surface area (Å²) in [5.41, 5.74) is 1.44. The fourth-order valence-corrected chi connectivity index (χ4v) is 2.24. The fourth-order valence-electron chi connectivity index (χ4n) is 2.24. The van der Waals surface area contributed by atoms with Crippen LogP contribution in [0.5, 0.6) is 11.5 Å². The van der Waals surface area contributed by atoms with Crippen molar-refractivity contribution in [1.82, 2.24) is 0 Å². The van der Waals surface area contributed by atoms with Crippen molar-refractivity contribution >= 4 is 11.6 Å². The number of para-hydroxylation sites is 1. The SMILES string of the molecule is CCOc1ccccc1CCC(=O)Nc1ccc(F)cc1OC. The number of carbonyl (C=O) groups excluding carboxylic acids is 1. The van der Waals surface area contributed by atoms with Gasteiger partial charge in [-0.15, -0.1) is 0 Å². The van der Waals surface area contributed by atoms with E-state index in [-0.39, 0.29) is 5.91 Å². The Labute approximate surface area is 135 Å². The van der Waals surface area contributed by atoms with Gasteiger partial charge in [0.15, 0.2) is 0 Å². The molecule has 2 rings (SSSR count). The van der Waals surface area contributed by atoms with Crippen molar-refractivity contribution < 1.29 is 18.7 Å². The Morgan fingerprint density at radius 2 is 1.96 bits per heavy atom. The van der Waals surface area contributed by atoms with E-state index in [1.54, 1.807) is 0 Å². The molecule has 0 heterocycles. The summed E-state index contributed by atoms with van der Waals surface area (Å²) in [5, 5.41) is 2.74. The molecule has 0 bridgehead atoms. The molecule has 0 aliphatic heterocycles. The standard InChI is InChI=1S/C18H20FNO3/c1-3-23-16-7-5-4-6-13(16)8-11-18(21)20-15-10-9-14(19)12-17(15)22-2/h4-7,9-10,12H,3,8,11H2,1-2H3,(H,20,21). The molecule has 0 fully saturated rings. The Bertz CT molecular complexity index is 673. The second-order valence-electron chi connectivity index (χ2n) is 4.93. The number of ether oxygens (including phenoxy) is 2. The number of hydrogen-bond acceptors (Lipinski definition) is 3. The third-order valence-electron chi connectivity index (χ3n) is 3.33. The topological polar surface area (TPSA) is 47.6 Å². The summed E-state index contributed by atoms with van der Waals surface area (Å²) >= 11 is 0. The molecule has 0 unspecified atom stereocenters. The van der Waals surface area contributed by atoms with E-state index in [1.165, 1.54) is 25.3 Å². The van der Waals surface area contributed by atoms with Crippen LogP contribution in [0.4, 0.5) is 10.1 Å². The average Bonchev–Trinajstić information content (AvgIpc) is 2.56. The molecule has 0 aromatic heterocycles. The zero-order valence-electron chi connectivity index (χ0n) is 13.3. The summed E-state index contributed by atoms with van der Waals surface area (Å²) in [5.74, 6) is 0.516. The number of hydrogen-bond donors (Lipinski definition) is 1. The van der Waals surface area contributed by atoms with E-state index in [1.807, 2.05) is 31.2 Å². The molecule has 0 atom stereocenters. The maximum Gasteiger partial charge on any atom is 0.224 e. The van der Waals surface area contributed by atoms with Gasteiger partial charge in [-0.05, 0) is 37.1 Å². The van der Waals surface area contributed by atoms with Crippen LogP contribution in [0, 0.1) is 5.82 Å². The summed E-state index contributed by atoms with van der Waals surface area (Å²) in [6.07, 6.45) is 0.857. The number of nitrogens with one attached hydrogen (secondary N) is 1. The molecule has 4 nitrogen and oxygen atoms in total. The van der Waals surface area contributed by atoms with Crippen LogP contribution in [0.2, 0.25) is 0 Å². The number of anilines is 1. The van der Waals surface area contributed by atoms with Crippen LogP contribution in [-0.4, -0.2) is 19.6 Å². The minimum Gasteiger partial charge on any atom is -0.494 e. The molecule has 23 heavy (non-hydrogen) atoms. The van der Waals surface area contributed by atoms with Gasteiger partial charge in [-0.2, -0.15) is 0 Å². The summed E-state index contributed by atoms with van der Waals surface area (Å²) in [6, 6.07) is 11.6. The van der Waals surface area contributed by atoms with Gasteiger partial charge in [-0.3, -0.25) is 4.79 Å². The third-order valence-corrected chi connectivity index (χ3v) is 3.33. The van der Waals surface area contributed by atoms with Gasteiger partial charge < -0.3 is 14.8 Å². The van der Waals surface area contributed by atoms with Gasteiger partial charge in [0.05, 0.1) is 19.4 Å². The van der Waals surface area contributed by atoms with E-state index in [0.717, 1.165) is 11.3 Å². The van der Waals surface area contributed by atoms with E-state index in [2.05, 4.69) is 5.32 Å². The molecule has 2 aromatic carbocycles. The average molecular weight is 317 g/mol. The summed E-state index contributed by atoms with van der Waals surface area (Å²) in [7, 11) is 1.43. The fraction of sp³-hybridized carbons (Fsp3) is 0.278. The quantitative estimate of drug-likeness (QED) is 0.845. The van der Waals surface area contributed by atoms with E-state index in [0.29, 0.717) is 30.9 Å². The molecule has 2 aromatic rings. The highest BCUT2D eigenvalue weighted by molar-refractivity contribution is 5.92. The Morgan fingerprint density at radius 3 is 2.70 bits per heavy atom. The van der Waals surface area contributed by atoms with Crippen LogP contribution < -0.4 is 14.8 Å². The van der Waals surface area contributed by atoms with E-state index in [4.69, 9.17) is 9.47 Å². The van der Waals surface area contributed by atoms with Crippen molar-refractivity contribution in [2.24, 2.45) is 0 Å². The van der Waals surface area contributed by atoms with Crippen LogP contribution in [-0.2, 0) is 11.2 Å². The van der Waals surface area contributed by atoms with Gasteiger partial charge in [0.1, 0.15) is 17.3 Å². The van der Waals surface area contributed by atoms with Gasteiger partial charge in [-0.25, -0.2) is 4.39 Å². The first kappa shape index (κ1) is 16.8. The molecular weight excluding hydrogens is 297 g/mol. The number of rotatable bonds is 7. The lowest BCUT2D eigenvalue weighted by atomic mass is 10.1. The Kier molecular flexibility index (Phi) is 5.97. The molecule has 5 heteroatoms. The Hall–Kier alpha value is -2.56. The summed E-state index contributed by atoms with van der Waals surface area (Å²) in [6.45, 7) is 2.50. The van der Waals surface area contributed by atoms with Gasteiger partial charge in [-0.1, -0.05) is 18.2 Å². The third kappa shape index (κ3) is 4.71. The lowest BCUT2D eigenvalue weighted by Gasteiger charge is -2.12. The van der Waals surface area contributed by atoms with Crippen molar-refractivity contribution in [2.75, 3.05) is 19.0 Å². The van der Waals surface area contributed by atoms with Crippen LogP contribution in [0.1, 0.15) is 18.9 Å². The number of amides is 1. The normalized spacial score (nSPS) is 10.2. The molecule has 0 radical (unpaired) electrons. The second kappa shape index (κ2) is 8.17. The predicted molar refractivity (Wildman–Crippen MR) is 87.5 cm³/mol. The molecule has 1 N–H and O–H groups in total. The van der Waals surface area contributed by atoms with Crippen molar-refractivity contribution in [2.45, 2.75) is 19.8 Å². The molecule has 0 saturated carbocycles. The first-order chi connectivity index (χ1) is 11.1. The second-order valence-corrected chi connectivity index (χ2v) is 4.93. The van der Waals surface area contributed by atoms with Gasteiger partial charge in [0.2, 0.25) is 5.91 Å². The van der Waals surface area contributed by atoms with E-state index >= 15 is 0 Å². The predicted octanol–water partition coefficient (Wildman–Crippen LogP) is 3.80. The Balaban J connectivity index is 1.98. The smallest absolute Gasteiger partial charge is 0.224 e. The molecular formula is C18H20FNO3. The van der Waals surface area contributed by atoms with Crippen LogP contribution >= 0.6 is 0 Å². The van der Waals surface area contributed by atoms with Crippen molar-refractivity contribution in [1.29, 1.82) is 0 Å². The molecule has 1 amide bonds. The van der Waals surface area contributed by atoms with Crippen LogP contribution in [0.15, 0.2) is 42.5 Å². The first-order valence-electron chi connectivity index (χ1n) is 7.48. The zero-order valence-corrected chi connectivity index (χ0v) is 13.3. The highest BCUT2D eigenvalue weighted by Gasteiger charge is 2.10. The lowest BCUT2D eigenvalue weighted by molar-refractivity contribution is -0.116. The number of aryl methyl sites for hydroxylation is 1. The largest absolute Gasteiger partial charge is 0.494 e. The zero-order chi connectivity index (χ0) is 16.7. The van der Waals surface area contributed by atoms with Crippen molar-refractivity contribution in [3.63, 3.8) is 0 Å². The molecule has 0 aliphatic rings. The maximum atomic E-state index is 13.2. The number of benzene rings is 2. The molecule has 0 saturated heterocycles. The minimum absolute atomic E-state index is 0.166. The van der Waals surface area contributed by atoms with Crippen molar-refractivity contribution in [3.8, 4) is 11.5 Å². The lowest BCUT2D eigenvalue weighted by Crippen LogP contribution is -2.13.